The fourth-order valence-corrected chi connectivity index (χ4v) is 0.883. The summed E-state index contributed by atoms with van der Waals surface area (Å²) < 4.78 is 12.6. The van der Waals surface area contributed by atoms with Crippen LogP contribution in [0.15, 0.2) is 35.5 Å². The first-order valence-electron chi connectivity index (χ1n) is 3.76. The Kier molecular flexibility index (Phi) is 3.54. The molecule has 0 saturated heterocycles. The molecule has 1 aromatic rings. The fourth-order valence-electron chi connectivity index (χ4n) is 0.883. The van der Waals surface area contributed by atoms with Crippen molar-refractivity contribution >= 4 is 6.08 Å². The van der Waals surface area contributed by atoms with Crippen molar-refractivity contribution in [1.29, 1.82) is 0 Å². The van der Waals surface area contributed by atoms with Crippen molar-refractivity contribution in [1.82, 2.24) is 0 Å². The van der Waals surface area contributed by atoms with Crippen molar-refractivity contribution < 1.29 is 4.39 Å². The summed E-state index contributed by atoms with van der Waals surface area (Å²) >= 11 is 0. The lowest BCUT2D eigenvalue weighted by atomic mass is 10.2. The van der Waals surface area contributed by atoms with Crippen molar-refractivity contribution in [3.8, 4) is 0 Å². The standard InChI is InChI=1S/C9H8FN3/c10-9-5-1-3-8(7-9)4-2-6-12-13-11/h1-5,7H,6H2. The maximum Gasteiger partial charge on any atom is 0.123 e. The average Bonchev–Trinajstić information content (AvgIpc) is 2.13. The highest BCUT2D eigenvalue weighted by atomic mass is 19.1. The van der Waals surface area contributed by atoms with E-state index in [1.54, 1.807) is 24.3 Å². The predicted octanol–water partition coefficient (Wildman–Crippen LogP) is 3.15. The zero-order chi connectivity index (χ0) is 9.52. The van der Waals surface area contributed by atoms with Gasteiger partial charge in [0.1, 0.15) is 5.82 Å². The second-order valence-corrected chi connectivity index (χ2v) is 2.37. The highest BCUT2D eigenvalue weighted by Crippen LogP contribution is 2.04. The van der Waals surface area contributed by atoms with Gasteiger partial charge in [-0.25, -0.2) is 4.39 Å². The molecule has 0 radical (unpaired) electrons. The van der Waals surface area contributed by atoms with Crippen LogP contribution in [0.1, 0.15) is 5.56 Å². The quantitative estimate of drug-likeness (QED) is 0.387. The Morgan fingerprint density at radius 3 is 3.08 bits per heavy atom. The van der Waals surface area contributed by atoms with Gasteiger partial charge in [-0.3, -0.25) is 0 Å². The van der Waals surface area contributed by atoms with Gasteiger partial charge in [-0.2, -0.15) is 0 Å². The molecule has 0 saturated carbocycles. The molecular formula is C9H8FN3. The van der Waals surface area contributed by atoms with E-state index in [-0.39, 0.29) is 12.4 Å². The molecule has 66 valence electrons. The summed E-state index contributed by atoms with van der Waals surface area (Å²) in [5.41, 5.74) is 8.73. The van der Waals surface area contributed by atoms with Crippen LogP contribution in [0.4, 0.5) is 4.39 Å². The lowest BCUT2D eigenvalue weighted by molar-refractivity contribution is 0.627. The number of azide groups is 1. The molecule has 0 heterocycles. The molecule has 0 aromatic heterocycles. The number of rotatable bonds is 3. The van der Waals surface area contributed by atoms with Gasteiger partial charge >= 0.3 is 0 Å². The van der Waals surface area contributed by atoms with E-state index in [2.05, 4.69) is 10.0 Å². The molecule has 0 amide bonds. The van der Waals surface area contributed by atoms with Gasteiger partial charge in [0.25, 0.3) is 0 Å². The first kappa shape index (κ1) is 9.29. The minimum absolute atomic E-state index is 0.272. The van der Waals surface area contributed by atoms with Crippen molar-refractivity contribution in [2.75, 3.05) is 6.54 Å². The second kappa shape index (κ2) is 4.95. The summed E-state index contributed by atoms with van der Waals surface area (Å²) in [6.45, 7) is 0.285. The Morgan fingerprint density at radius 1 is 1.54 bits per heavy atom. The predicted molar refractivity (Wildman–Crippen MR) is 49.4 cm³/mol. The molecule has 0 bridgehead atoms. The third kappa shape index (κ3) is 3.40. The molecule has 0 fully saturated rings. The molecule has 0 atom stereocenters. The molecule has 1 rings (SSSR count). The van der Waals surface area contributed by atoms with Crippen LogP contribution in [0, 0.1) is 5.82 Å². The van der Waals surface area contributed by atoms with E-state index in [0.29, 0.717) is 0 Å². The topological polar surface area (TPSA) is 48.8 Å². The van der Waals surface area contributed by atoms with Crippen LogP contribution < -0.4 is 0 Å². The minimum Gasteiger partial charge on any atom is -0.207 e. The first-order chi connectivity index (χ1) is 6.33. The number of nitrogens with zero attached hydrogens (tertiary/aromatic N) is 3. The van der Waals surface area contributed by atoms with Crippen LogP contribution in [0.25, 0.3) is 16.5 Å². The van der Waals surface area contributed by atoms with Gasteiger partial charge in [0, 0.05) is 11.5 Å². The van der Waals surface area contributed by atoms with Crippen molar-refractivity contribution in [2.45, 2.75) is 0 Å². The minimum atomic E-state index is -0.272. The fraction of sp³-hybridized carbons (Fsp3) is 0.111. The van der Waals surface area contributed by atoms with Crippen LogP contribution in [-0.2, 0) is 0 Å². The van der Waals surface area contributed by atoms with Gasteiger partial charge in [0.05, 0.1) is 0 Å². The Balaban J connectivity index is 2.63. The van der Waals surface area contributed by atoms with Crippen molar-refractivity contribution in [2.24, 2.45) is 5.11 Å². The average molecular weight is 177 g/mol. The lowest BCUT2D eigenvalue weighted by Crippen LogP contribution is -1.75. The second-order valence-electron chi connectivity index (χ2n) is 2.37. The molecule has 0 aliphatic carbocycles. The Morgan fingerprint density at radius 2 is 2.38 bits per heavy atom. The van der Waals surface area contributed by atoms with Crippen LogP contribution in [-0.4, -0.2) is 6.54 Å². The summed E-state index contributed by atoms with van der Waals surface area (Å²) in [6.07, 6.45) is 3.38. The zero-order valence-electron chi connectivity index (χ0n) is 6.89. The Hall–Kier alpha value is -1.80. The van der Waals surface area contributed by atoms with E-state index in [1.165, 1.54) is 12.1 Å². The molecule has 0 aliphatic heterocycles. The summed E-state index contributed by atoms with van der Waals surface area (Å²) in [4.78, 5) is 2.58. The maximum atomic E-state index is 12.6. The Bertz CT molecular complexity index is 354. The molecule has 0 aliphatic rings. The number of benzene rings is 1. The molecule has 0 unspecified atom stereocenters. The smallest absolute Gasteiger partial charge is 0.123 e. The molecule has 13 heavy (non-hydrogen) atoms. The van der Waals surface area contributed by atoms with Gasteiger partial charge in [0.15, 0.2) is 0 Å². The molecule has 3 nitrogen and oxygen atoms in total. The van der Waals surface area contributed by atoms with Gasteiger partial charge < -0.3 is 0 Å². The van der Waals surface area contributed by atoms with Crippen LogP contribution in [0.5, 0.6) is 0 Å². The third-order valence-corrected chi connectivity index (χ3v) is 1.41. The third-order valence-electron chi connectivity index (χ3n) is 1.41. The monoisotopic (exact) mass is 177 g/mol. The molecule has 0 N–H and O–H groups in total. The molecular weight excluding hydrogens is 169 g/mol. The number of hydrogen-bond donors (Lipinski definition) is 0. The van der Waals surface area contributed by atoms with Gasteiger partial charge in [0.2, 0.25) is 0 Å². The van der Waals surface area contributed by atoms with E-state index in [0.717, 1.165) is 5.56 Å². The largest absolute Gasteiger partial charge is 0.207 e. The summed E-state index contributed by atoms with van der Waals surface area (Å²) in [5, 5.41) is 3.31. The van der Waals surface area contributed by atoms with Gasteiger partial charge in [-0.1, -0.05) is 29.4 Å². The van der Waals surface area contributed by atoms with Gasteiger partial charge in [-0.15, -0.1) is 0 Å². The SMILES string of the molecule is [N-]=[N+]=NCC=Cc1cccc(F)c1. The normalized spacial score (nSPS) is 9.92. The summed E-state index contributed by atoms with van der Waals surface area (Å²) in [7, 11) is 0. The maximum absolute atomic E-state index is 12.6. The van der Waals surface area contributed by atoms with Crippen LogP contribution in [0.3, 0.4) is 0 Å². The lowest BCUT2D eigenvalue weighted by Gasteiger charge is -1.91. The highest BCUT2D eigenvalue weighted by Gasteiger charge is 1.88. The van der Waals surface area contributed by atoms with E-state index in [1.807, 2.05) is 0 Å². The van der Waals surface area contributed by atoms with Crippen LogP contribution in [0.2, 0.25) is 0 Å². The molecule has 1 aromatic carbocycles. The Labute approximate surface area is 75.1 Å². The van der Waals surface area contributed by atoms with Crippen LogP contribution >= 0.6 is 0 Å². The van der Waals surface area contributed by atoms with Crippen molar-refractivity contribution in [3.05, 3.63) is 52.2 Å². The number of halogens is 1. The molecule has 4 heteroatoms. The van der Waals surface area contributed by atoms with E-state index < -0.39 is 0 Å². The summed E-state index contributed by atoms with van der Waals surface area (Å²) in [6, 6.07) is 6.19. The molecule has 0 spiro atoms. The van der Waals surface area contributed by atoms with E-state index >= 15 is 0 Å². The van der Waals surface area contributed by atoms with E-state index in [4.69, 9.17) is 5.53 Å². The van der Waals surface area contributed by atoms with E-state index in [9.17, 15) is 4.39 Å². The number of hydrogen-bond acceptors (Lipinski definition) is 1. The zero-order valence-corrected chi connectivity index (χ0v) is 6.89. The first-order valence-corrected chi connectivity index (χ1v) is 3.76. The van der Waals surface area contributed by atoms with Crippen molar-refractivity contribution in [3.63, 3.8) is 0 Å². The van der Waals surface area contributed by atoms with Gasteiger partial charge in [-0.05, 0) is 23.2 Å². The summed E-state index contributed by atoms with van der Waals surface area (Å²) in [5.74, 6) is -0.272. The highest BCUT2D eigenvalue weighted by molar-refractivity contribution is 5.49.